The lowest BCUT2D eigenvalue weighted by molar-refractivity contribution is -0.116. The number of nitrogens with one attached hydrogen (secondary N) is 2. The molecule has 25 heavy (non-hydrogen) atoms. The number of carbonyl (C=O) groups excluding carboxylic acids is 1. The number of hydrogen-bond donors (Lipinski definition) is 2. The van der Waals surface area contributed by atoms with E-state index in [4.69, 9.17) is 4.42 Å². The number of benzene rings is 1. The van der Waals surface area contributed by atoms with Crippen LogP contribution in [0.5, 0.6) is 0 Å². The lowest BCUT2D eigenvalue weighted by Gasteiger charge is -2.10. The molecule has 0 aliphatic heterocycles. The number of anilines is 1. The van der Waals surface area contributed by atoms with E-state index >= 15 is 0 Å². The van der Waals surface area contributed by atoms with Gasteiger partial charge in [-0.3, -0.25) is 9.36 Å². The second kappa shape index (κ2) is 11.1. The van der Waals surface area contributed by atoms with Gasteiger partial charge in [0.05, 0.1) is 5.52 Å². The summed E-state index contributed by atoms with van der Waals surface area (Å²) in [6.45, 7) is 2.08. The maximum Gasteiger partial charge on any atom is 0.419 e. The molecule has 0 saturated carbocycles. The van der Waals surface area contributed by atoms with Crippen molar-refractivity contribution in [2.24, 2.45) is 0 Å². The van der Waals surface area contributed by atoms with Crippen LogP contribution in [0.15, 0.2) is 27.4 Å². The predicted molar refractivity (Wildman–Crippen MR) is 105 cm³/mol. The first-order valence-electron chi connectivity index (χ1n) is 7.74. The van der Waals surface area contributed by atoms with Gasteiger partial charge in [0, 0.05) is 25.2 Å². The summed E-state index contributed by atoms with van der Waals surface area (Å²) in [6, 6.07) is 5.25. The Labute approximate surface area is 159 Å². The first-order chi connectivity index (χ1) is 11.0. The molecule has 0 spiro atoms. The average Bonchev–Trinajstić information content (AvgIpc) is 2.80. The van der Waals surface area contributed by atoms with Gasteiger partial charge in [0.1, 0.15) is 0 Å². The molecule has 9 heteroatoms. The topological polar surface area (TPSA) is 79.5 Å². The van der Waals surface area contributed by atoms with Crippen LogP contribution >= 0.6 is 24.8 Å². The van der Waals surface area contributed by atoms with Crippen molar-refractivity contribution in [3.8, 4) is 0 Å². The normalized spacial score (nSPS) is 10.4. The summed E-state index contributed by atoms with van der Waals surface area (Å²) in [6.07, 6.45) is 1.24. The maximum absolute atomic E-state index is 11.9. The Kier molecular flexibility index (Phi) is 10.5. The van der Waals surface area contributed by atoms with Crippen LogP contribution < -0.4 is 16.4 Å². The van der Waals surface area contributed by atoms with Crippen LogP contribution in [0, 0.1) is 0 Å². The van der Waals surface area contributed by atoms with Crippen molar-refractivity contribution in [3.63, 3.8) is 0 Å². The number of carbonyl (C=O) groups is 1. The van der Waals surface area contributed by atoms with Crippen LogP contribution in [0.4, 0.5) is 5.69 Å². The molecule has 0 unspecified atom stereocenters. The molecule has 1 heterocycles. The summed E-state index contributed by atoms with van der Waals surface area (Å²) in [7, 11) is 5.76. The molecular formula is C16H26Cl2N4O3. The van der Waals surface area contributed by atoms with E-state index in [2.05, 4.69) is 10.6 Å². The van der Waals surface area contributed by atoms with Gasteiger partial charge in [-0.2, -0.15) is 0 Å². The minimum absolute atomic E-state index is 0. The predicted octanol–water partition coefficient (Wildman–Crippen LogP) is 1.94. The molecule has 0 saturated heterocycles. The highest BCUT2D eigenvalue weighted by molar-refractivity contribution is 5.92. The smallest absolute Gasteiger partial charge is 0.408 e. The molecular weight excluding hydrogens is 367 g/mol. The Hall–Kier alpha value is -1.54. The van der Waals surface area contributed by atoms with Gasteiger partial charge in [0.15, 0.2) is 5.58 Å². The van der Waals surface area contributed by atoms with Crippen molar-refractivity contribution in [2.45, 2.75) is 19.4 Å². The maximum atomic E-state index is 11.9. The van der Waals surface area contributed by atoms with E-state index in [9.17, 15) is 9.59 Å². The van der Waals surface area contributed by atoms with E-state index < -0.39 is 0 Å². The number of amides is 1. The number of halogens is 2. The molecule has 1 amide bonds. The quantitative estimate of drug-likeness (QED) is 0.671. The van der Waals surface area contributed by atoms with Crippen LogP contribution in [0.25, 0.3) is 11.1 Å². The van der Waals surface area contributed by atoms with Gasteiger partial charge in [-0.25, -0.2) is 4.79 Å². The Morgan fingerprint density at radius 3 is 2.64 bits per heavy atom. The Bertz CT molecular complexity index is 728. The third kappa shape index (κ3) is 6.70. The Morgan fingerprint density at radius 1 is 1.28 bits per heavy atom. The van der Waals surface area contributed by atoms with Crippen LogP contribution in [-0.4, -0.2) is 49.6 Å². The number of hydrogen-bond acceptors (Lipinski definition) is 5. The molecule has 7 nitrogen and oxygen atoms in total. The van der Waals surface area contributed by atoms with Crippen molar-refractivity contribution in [3.05, 3.63) is 28.7 Å². The molecule has 0 aliphatic carbocycles. The summed E-state index contributed by atoms with van der Waals surface area (Å²) in [5, 5.41) is 5.87. The fourth-order valence-corrected chi connectivity index (χ4v) is 2.30. The number of rotatable bonds is 8. The van der Waals surface area contributed by atoms with Gasteiger partial charge in [-0.05, 0) is 52.3 Å². The second-order valence-electron chi connectivity index (χ2n) is 5.76. The first kappa shape index (κ1) is 23.5. The van der Waals surface area contributed by atoms with E-state index in [1.54, 1.807) is 22.8 Å². The Morgan fingerprint density at radius 2 is 2.00 bits per heavy atom. The van der Waals surface area contributed by atoms with E-state index in [-0.39, 0.29) is 36.5 Å². The first-order valence-corrected chi connectivity index (χ1v) is 7.74. The highest BCUT2D eigenvalue weighted by atomic mass is 35.5. The third-order valence-electron chi connectivity index (χ3n) is 3.55. The largest absolute Gasteiger partial charge is 0.419 e. The molecule has 142 valence electrons. The van der Waals surface area contributed by atoms with Crippen molar-refractivity contribution in [1.82, 2.24) is 14.8 Å². The molecule has 1 aromatic heterocycles. The lowest BCUT2D eigenvalue weighted by atomic mass is 10.2. The monoisotopic (exact) mass is 392 g/mol. The molecule has 1 aromatic carbocycles. The molecule has 0 bridgehead atoms. The standard InChI is InChI=1S/C16H24N4O3.2ClH/c1-17-8-4-5-15(21)18-12-6-7-14-13(11-12)20(16(22)23-14)10-9-19(2)3;;/h6-7,11,17H,4-5,8-10H2,1-3H3,(H,18,21);2*1H. The Balaban J connectivity index is 0.00000288. The van der Waals surface area contributed by atoms with Gasteiger partial charge < -0.3 is 20.0 Å². The van der Waals surface area contributed by atoms with Crippen LogP contribution in [0.1, 0.15) is 12.8 Å². The molecule has 0 atom stereocenters. The van der Waals surface area contributed by atoms with E-state index in [1.807, 2.05) is 26.0 Å². The number of likely N-dealkylation sites (N-methyl/N-ethyl adjacent to an activating group) is 1. The number of aromatic nitrogens is 1. The summed E-state index contributed by atoms with van der Waals surface area (Å²) >= 11 is 0. The van der Waals surface area contributed by atoms with Crippen molar-refractivity contribution < 1.29 is 9.21 Å². The minimum atomic E-state index is -0.376. The lowest BCUT2D eigenvalue weighted by Crippen LogP contribution is -2.23. The van der Waals surface area contributed by atoms with Crippen molar-refractivity contribution in [2.75, 3.05) is 39.5 Å². The molecule has 2 N–H and O–H groups in total. The highest BCUT2D eigenvalue weighted by Crippen LogP contribution is 2.18. The zero-order valence-electron chi connectivity index (χ0n) is 14.7. The van der Waals surface area contributed by atoms with Gasteiger partial charge >= 0.3 is 5.76 Å². The molecule has 0 fully saturated rings. The third-order valence-corrected chi connectivity index (χ3v) is 3.55. The van der Waals surface area contributed by atoms with Gasteiger partial charge in [-0.15, -0.1) is 24.8 Å². The van der Waals surface area contributed by atoms with Crippen LogP contribution in [-0.2, 0) is 11.3 Å². The SMILES string of the molecule is CNCCCC(=O)Nc1ccc2oc(=O)n(CCN(C)C)c2c1.Cl.Cl. The highest BCUT2D eigenvalue weighted by Gasteiger charge is 2.11. The molecule has 0 aliphatic rings. The zero-order chi connectivity index (χ0) is 16.8. The van der Waals surface area contributed by atoms with E-state index in [1.165, 1.54) is 0 Å². The minimum Gasteiger partial charge on any atom is -0.408 e. The summed E-state index contributed by atoms with van der Waals surface area (Å²) in [5.41, 5.74) is 1.90. The van der Waals surface area contributed by atoms with Crippen molar-refractivity contribution in [1.29, 1.82) is 0 Å². The van der Waals surface area contributed by atoms with Gasteiger partial charge in [0.25, 0.3) is 0 Å². The fraction of sp³-hybridized carbons (Fsp3) is 0.500. The second-order valence-corrected chi connectivity index (χ2v) is 5.76. The molecule has 0 radical (unpaired) electrons. The van der Waals surface area contributed by atoms with Crippen LogP contribution in [0.2, 0.25) is 0 Å². The van der Waals surface area contributed by atoms with E-state index in [0.717, 1.165) is 19.5 Å². The average molecular weight is 393 g/mol. The summed E-state index contributed by atoms with van der Waals surface area (Å²) in [4.78, 5) is 25.8. The number of nitrogens with zero attached hydrogens (tertiary/aromatic N) is 2. The fourth-order valence-electron chi connectivity index (χ4n) is 2.30. The van der Waals surface area contributed by atoms with Crippen LogP contribution in [0.3, 0.4) is 0 Å². The number of oxazole rings is 1. The molecule has 2 aromatic rings. The zero-order valence-corrected chi connectivity index (χ0v) is 16.3. The molecule has 2 rings (SSSR count). The number of fused-ring (bicyclic) bond motifs is 1. The summed E-state index contributed by atoms with van der Waals surface area (Å²) in [5.74, 6) is -0.412. The van der Waals surface area contributed by atoms with Crippen molar-refractivity contribution >= 4 is 47.5 Å². The summed E-state index contributed by atoms with van der Waals surface area (Å²) < 4.78 is 6.83. The van der Waals surface area contributed by atoms with Gasteiger partial charge in [0.2, 0.25) is 5.91 Å². The van der Waals surface area contributed by atoms with E-state index in [0.29, 0.717) is 29.8 Å². The van der Waals surface area contributed by atoms with Gasteiger partial charge in [-0.1, -0.05) is 0 Å².